The van der Waals surface area contributed by atoms with Crippen LogP contribution in [-0.2, 0) is 4.79 Å². The van der Waals surface area contributed by atoms with Crippen LogP contribution in [0, 0.1) is 5.82 Å². The molecule has 0 aliphatic rings. The number of hydrogen-bond donors (Lipinski definition) is 0. The standard InChI is InChI=1S/C15H13FO2/c1-10(15(17)18)12-7-8-13(14(16)9-12)11-5-3-2-4-6-11/h2-10H,1H3,(H,17,18)/p-1/t10-/m1/s1. The first kappa shape index (κ1) is 12.3. The van der Waals surface area contributed by atoms with Gasteiger partial charge in [-0.1, -0.05) is 49.4 Å². The summed E-state index contributed by atoms with van der Waals surface area (Å²) in [5.41, 5.74) is 1.64. The molecule has 3 heteroatoms. The van der Waals surface area contributed by atoms with Gasteiger partial charge >= 0.3 is 0 Å². The van der Waals surface area contributed by atoms with Crippen molar-refractivity contribution in [1.29, 1.82) is 0 Å². The lowest BCUT2D eigenvalue weighted by Gasteiger charge is -2.14. The van der Waals surface area contributed by atoms with Crippen molar-refractivity contribution in [2.24, 2.45) is 0 Å². The van der Waals surface area contributed by atoms with Gasteiger partial charge in [-0.15, -0.1) is 0 Å². The third kappa shape index (κ3) is 2.40. The summed E-state index contributed by atoms with van der Waals surface area (Å²) < 4.78 is 13.9. The predicted octanol–water partition coefficient (Wildman–Crippen LogP) is 2.35. The van der Waals surface area contributed by atoms with Crippen LogP contribution in [0.5, 0.6) is 0 Å². The van der Waals surface area contributed by atoms with Crippen LogP contribution in [0.2, 0.25) is 0 Å². The highest BCUT2D eigenvalue weighted by molar-refractivity contribution is 5.74. The molecule has 2 rings (SSSR count). The average molecular weight is 243 g/mol. The fraction of sp³-hybridized carbons (Fsp3) is 0.133. The normalized spacial score (nSPS) is 12.1. The number of rotatable bonds is 3. The minimum absolute atomic E-state index is 0.409. The highest BCUT2D eigenvalue weighted by Gasteiger charge is 2.10. The summed E-state index contributed by atoms with van der Waals surface area (Å²) in [7, 11) is 0. The van der Waals surface area contributed by atoms with Gasteiger partial charge in [0.25, 0.3) is 0 Å². The van der Waals surface area contributed by atoms with E-state index in [9.17, 15) is 14.3 Å². The molecule has 0 fully saturated rings. The zero-order valence-electron chi connectivity index (χ0n) is 9.89. The molecule has 0 spiro atoms. The molecule has 0 radical (unpaired) electrons. The van der Waals surface area contributed by atoms with Crippen molar-refractivity contribution in [3.8, 4) is 11.1 Å². The number of benzene rings is 2. The van der Waals surface area contributed by atoms with E-state index in [0.29, 0.717) is 11.1 Å². The first-order valence-electron chi connectivity index (χ1n) is 5.65. The minimum Gasteiger partial charge on any atom is -0.550 e. The first-order valence-corrected chi connectivity index (χ1v) is 5.65. The second-order valence-electron chi connectivity index (χ2n) is 4.15. The monoisotopic (exact) mass is 243 g/mol. The summed E-state index contributed by atoms with van der Waals surface area (Å²) in [4.78, 5) is 10.7. The van der Waals surface area contributed by atoms with Gasteiger partial charge in [-0.3, -0.25) is 0 Å². The predicted molar refractivity (Wildman–Crippen MR) is 65.3 cm³/mol. The Morgan fingerprint density at radius 2 is 1.83 bits per heavy atom. The lowest BCUT2D eigenvalue weighted by atomic mass is 9.97. The molecule has 0 heterocycles. The van der Waals surface area contributed by atoms with Crippen LogP contribution >= 0.6 is 0 Å². The van der Waals surface area contributed by atoms with Crippen molar-refractivity contribution in [3.63, 3.8) is 0 Å². The maximum Gasteiger partial charge on any atom is 0.131 e. The SMILES string of the molecule is C[C@@H](C(=O)[O-])c1ccc(-c2ccccc2)c(F)c1. The summed E-state index contributed by atoms with van der Waals surface area (Å²) in [6, 6.07) is 13.6. The van der Waals surface area contributed by atoms with E-state index in [1.54, 1.807) is 24.3 Å². The number of aliphatic carboxylic acids is 1. The molecule has 92 valence electrons. The Labute approximate surface area is 105 Å². The molecular formula is C15H12FO2-. The average Bonchev–Trinajstić information content (AvgIpc) is 2.38. The molecule has 0 aliphatic heterocycles. The number of hydrogen-bond acceptors (Lipinski definition) is 2. The molecule has 0 bridgehead atoms. The van der Waals surface area contributed by atoms with Crippen LogP contribution in [-0.4, -0.2) is 5.97 Å². The molecule has 0 saturated heterocycles. The van der Waals surface area contributed by atoms with Gasteiger partial charge in [-0.05, 0) is 17.2 Å². The smallest absolute Gasteiger partial charge is 0.131 e. The van der Waals surface area contributed by atoms with E-state index in [0.717, 1.165) is 5.56 Å². The van der Waals surface area contributed by atoms with Crippen LogP contribution in [0.4, 0.5) is 4.39 Å². The summed E-state index contributed by atoms with van der Waals surface area (Å²) >= 11 is 0. The Morgan fingerprint density at radius 3 is 2.39 bits per heavy atom. The van der Waals surface area contributed by atoms with E-state index in [2.05, 4.69) is 0 Å². The lowest BCUT2D eigenvalue weighted by molar-refractivity contribution is -0.307. The second-order valence-corrected chi connectivity index (χ2v) is 4.15. The largest absolute Gasteiger partial charge is 0.550 e. The topological polar surface area (TPSA) is 40.1 Å². The van der Waals surface area contributed by atoms with E-state index in [1.807, 2.05) is 18.2 Å². The zero-order chi connectivity index (χ0) is 13.1. The number of carboxylic acids is 1. The van der Waals surface area contributed by atoms with Gasteiger partial charge in [0.05, 0.1) is 0 Å². The summed E-state index contributed by atoms with van der Waals surface area (Å²) in [5, 5.41) is 10.7. The fourth-order valence-corrected chi connectivity index (χ4v) is 1.79. The summed E-state index contributed by atoms with van der Waals surface area (Å²) in [6.07, 6.45) is 0. The van der Waals surface area contributed by atoms with Crippen molar-refractivity contribution in [2.45, 2.75) is 12.8 Å². The highest BCUT2D eigenvalue weighted by Crippen LogP contribution is 2.25. The number of carboxylic acid groups (broad SMARTS) is 1. The molecule has 0 amide bonds. The number of carbonyl (C=O) groups excluding carboxylic acids is 1. The van der Waals surface area contributed by atoms with Gasteiger partial charge in [-0.25, -0.2) is 4.39 Å². The molecular weight excluding hydrogens is 231 g/mol. The third-order valence-corrected chi connectivity index (χ3v) is 2.93. The van der Waals surface area contributed by atoms with Crippen molar-refractivity contribution in [3.05, 3.63) is 59.9 Å². The van der Waals surface area contributed by atoms with Crippen LogP contribution in [0.25, 0.3) is 11.1 Å². The van der Waals surface area contributed by atoms with Crippen LogP contribution in [0.15, 0.2) is 48.5 Å². The highest BCUT2D eigenvalue weighted by atomic mass is 19.1. The Bertz CT molecular complexity index is 564. The molecule has 0 aromatic heterocycles. The van der Waals surface area contributed by atoms with Crippen molar-refractivity contribution in [2.75, 3.05) is 0 Å². The number of carbonyl (C=O) groups is 1. The Kier molecular flexibility index (Phi) is 3.42. The fourth-order valence-electron chi connectivity index (χ4n) is 1.79. The zero-order valence-corrected chi connectivity index (χ0v) is 9.89. The molecule has 2 nitrogen and oxygen atoms in total. The summed E-state index contributed by atoms with van der Waals surface area (Å²) in [5.74, 6) is -2.45. The van der Waals surface area contributed by atoms with E-state index in [1.165, 1.54) is 13.0 Å². The molecule has 0 saturated carbocycles. The third-order valence-electron chi connectivity index (χ3n) is 2.93. The van der Waals surface area contributed by atoms with Gasteiger partial charge in [0.15, 0.2) is 0 Å². The van der Waals surface area contributed by atoms with Crippen LogP contribution in [0.1, 0.15) is 18.4 Å². The van der Waals surface area contributed by atoms with E-state index < -0.39 is 17.7 Å². The van der Waals surface area contributed by atoms with Gasteiger partial charge in [0.1, 0.15) is 5.82 Å². The maximum atomic E-state index is 13.9. The van der Waals surface area contributed by atoms with E-state index in [4.69, 9.17) is 0 Å². The lowest BCUT2D eigenvalue weighted by Crippen LogP contribution is -2.28. The molecule has 0 aliphatic carbocycles. The number of halogens is 1. The van der Waals surface area contributed by atoms with Crippen molar-refractivity contribution >= 4 is 5.97 Å². The Hall–Kier alpha value is -2.16. The maximum absolute atomic E-state index is 13.9. The van der Waals surface area contributed by atoms with Gasteiger partial charge in [0, 0.05) is 17.5 Å². The molecule has 0 unspecified atom stereocenters. The molecule has 18 heavy (non-hydrogen) atoms. The molecule has 0 N–H and O–H groups in total. The van der Waals surface area contributed by atoms with Crippen LogP contribution < -0.4 is 5.11 Å². The van der Waals surface area contributed by atoms with Gasteiger partial charge in [-0.2, -0.15) is 0 Å². The molecule has 1 atom stereocenters. The van der Waals surface area contributed by atoms with E-state index >= 15 is 0 Å². The van der Waals surface area contributed by atoms with Gasteiger partial charge in [0.2, 0.25) is 0 Å². The molecule has 2 aromatic carbocycles. The Balaban J connectivity index is 2.40. The Morgan fingerprint density at radius 1 is 1.17 bits per heavy atom. The van der Waals surface area contributed by atoms with E-state index in [-0.39, 0.29) is 0 Å². The van der Waals surface area contributed by atoms with Gasteiger partial charge < -0.3 is 9.90 Å². The minimum atomic E-state index is -1.21. The quantitative estimate of drug-likeness (QED) is 0.830. The molecule has 2 aromatic rings. The summed E-state index contributed by atoms with van der Waals surface area (Å²) in [6.45, 7) is 1.48. The first-order chi connectivity index (χ1) is 8.59. The second kappa shape index (κ2) is 5.00. The van der Waals surface area contributed by atoms with Crippen molar-refractivity contribution < 1.29 is 14.3 Å². The van der Waals surface area contributed by atoms with Crippen LogP contribution in [0.3, 0.4) is 0 Å². The van der Waals surface area contributed by atoms with Crippen molar-refractivity contribution in [1.82, 2.24) is 0 Å².